The Bertz CT molecular complexity index is 547. The molecule has 244 valence electrons. The Morgan fingerprint density at radius 3 is 1.12 bits per heavy atom. The number of unbranched alkanes of at least 4 members (excludes halogenated alkanes) is 25. The molecule has 0 heterocycles. The molecule has 4 heteroatoms. The van der Waals surface area contributed by atoms with E-state index in [1.54, 1.807) is 0 Å². The summed E-state index contributed by atoms with van der Waals surface area (Å²) in [7, 11) is 0. The number of carbonyl (C=O) groups excluding carboxylic acids is 1. The lowest BCUT2D eigenvalue weighted by atomic mass is 10.0. The van der Waals surface area contributed by atoms with Gasteiger partial charge in [0.2, 0.25) is 0 Å². The first-order valence-electron chi connectivity index (χ1n) is 18.5. The van der Waals surface area contributed by atoms with E-state index >= 15 is 0 Å². The summed E-state index contributed by atoms with van der Waals surface area (Å²) in [6.45, 7) is 4.48. The third-order valence-corrected chi connectivity index (χ3v) is 8.58. The van der Waals surface area contributed by atoms with Crippen LogP contribution in [0, 0.1) is 0 Å². The van der Waals surface area contributed by atoms with Crippen molar-refractivity contribution in [2.24, 2.45) is 0 Å². The lowest BCUT2D eigenvalue weighted by molar-refractivity contribution is -0.150. The molecule has 1 unspecified atom stereocenters. The molecular weight excluding hydrogens is 508 g/mol. The van der Waals surface area contributed by atoms with Crippen LogP contribution in [0.4, 0.5) is 0 Å². The Kier molecular flexibility index (Phi) is 32.6. The molecule has 0 aliphatic carbocycles. The summed E-state index contributed by atoms with van der Waals surface area (Å²) >= 11 is 0. The molecule has 0 rings (SSSR count). The summed E-state index contributed by atoms with van der Waals surface area (Å²) in [6.07, 6.45) is 38.8. The first-order chi connectivity index (χ1) is 20.1. The van der Waals surface area contributed by atoms with Crippen molar-refractivity contribution in [3.05, 3.63) is 0 Å². The molecule has 4 nitrogen and oxygen atoms in total. The van der Waals surface area contributed by atoms with E-state index in [0.717, 1.165) is 44.9 Å². The number of ether oxygens (including phenoxy) is 1. The van der Waals surface area contributed by atoms with Crippen LogP contribution in [0.2, 0.25) is 0 Å². The second kappa shape index (κ2) is 33.4. The van der Waals surface area contributed by atoms with E-state index in [0.29, 0.717) is 12.8 Å². The van der Waals surface area contributed by atoms with Crippen molar-refractivity contribution in [2.75, 3.05) is 0 Å². The Labute approximate surface area is 256 Å². The quantitative estimate of drug-likeness (QED) is 0.0607. The average molecular weight is 581 g/mol. The fourth-order valence-corrected chi connectivity index (χ4v) is 5.83. The van der Waals surface area contributed by atoms with Crippen molar-refractivity contribution in [3.8, 4) is 0 Å². The minimum atomic E-state index is -0.726. The highest BCUT2D eigenvalue weighted by Crippen LogP contribution is 2.18. The molecule has 0 aromatic rings. The topological polar surface area (TPSA) is 63.6 Å². The van der Waals surface area contributed by atoms with Gasteiger partial charge in [0.25, 0.3) is 0 Å². The third kappa shape index (κ3) is 33.3. The first kappa shape index (κ1) is 39.9. The SMILES string of the molecule is CCCCCCCCCCCCCCCCCCCCCCCCC(=O)OC(CCCCC)CCCCCC(=O)O. The van der Waals surface area contributed by atoms with Gasteiger partial charge in [-0.15, -0.1) is 0 Å². The predicted octanol–water partition coefficient (Wildman–Crippen LogP) is 12.5. The lowest BCUT2D eigenvalue weighted by Crippen LogP contribution is -2.18. The number of carboxylic acid groups (broad SMARTS) is 1. The maximum atomic E-state index is 12.4. The predicted molar refractivity (Wildman–Crippen MR) is 177 cm³/mol. The molecule has 1 N–H and O–H groups in total. The maximum Gasteiger partial charge on any atom is 0.306 e. The molecule has 0 radical (unpaired) electrons. The highest BCUT2D eigenvalue weighted by Gasteiger charge is 2.14. The van der Waals surface area contributed by atoms with Crippen LogP contribution in [0.5, 0.6) is 0 Å². The van der Waals surface area contributed by atoms with Gasteiger partial charge in [-0.2, -0.15) is 0 Å². The van der Waals surface area contributed by atoms with E-state index in [1.165, 1.54) is 141 Å². The molecule has 41 heavy (non-hydrogen) atoms. The average Bonchev–Trinajstić information content (AvgIpc) is 2.95. The number of hydrogen-bond donors (Lipinski definition) is 1. The van der Waals surface area contributed by atoms with E-state index < -0.39 is 5.97 Å². The summed E-state index contributed by atoms with van der Waals surface area (Å²) < 4.78 is 5.82. The van der Waals surface area contributed by atoms with E-state index in [9.17, 15) is 9.59 Å². The second-order valence-corrected chi connectivity index (χ2v) is 12.8. The van der Waals surface area contributed by atoms with Crippen LogP contribution in [0.25, 0.3) is 0 Å². The summed E-state index contributed by atoms with van der Waals surface area (Å²) in [5.74, 6) is -0.763. The molecule has 0 saturated heterocycles. The van der Waals surface area contributed by atoms with Crippen LogP contribution in [0.3, 0.4) is 0 Å². The standard InChI is InChI=1S/C37H72O4/c1-3-5-7-8-9-10-11-12-13-14-15-16-17-18-19-20-21-22-23-24-25-30-34-37(40)41-35(31-27-6-4-2)32-28-26-29-33-36(38)39/h35H,3-34H2,1-2H3,(H,38,39). The second-order valence-electron chi connectivity index (χ2n) is 12.8. The molecule has 0 fully saturated rings. The Balaban J connectivity index is 3.49. The molecule has 1 atom stereocenters. The van der Waals surface area contributed by atoms with Gasteiger partial charge in [-0.25, -0.2) is 0 Å². The third-order valence-electron chi connectivity index (χ3n) is 8.58. The molecule has 0 aromatic heterocycles. The van der Waals surface area contributed by atoms with Crippen LogP contribution >= 0.6 is 0 Å². The smallest absolute Gasteiger partial charge is 0.306 e. The number of carboxylic acids is 1. The monoisotopic (exact) mass is 581 g/mol. The molecule has 0 aliphatic rings. The van der Waals surface area contributed by atoms with Gasteiger partial charge >= 0.3 is 11.9 Å². The van der Waals surface area contributed by atoms with Gasteiger partial charge in [0.1, 0.15) is 6.10 Å². The van der Waals surface area contributed by atoms with Gasteiger partial charge in [-0.05, 0) is 38.5 Å². The zero-order valence-corrected chi connectivity index (χ0v) is 27.9. The van der Waals surface area contributed by atoms with Crippen LogP contribution in [-0.4, -0.2) is 23.1 Å². The molecule has 0 spiro atoms. The highest BCUT2D eigenvalue weighted by molar-refractivity contribution is 5.69. The van der Waals surface area contributed by atoms with Gasteiger partial charge in [-0.1, -0.05) is 168 Å². The van der Waals surface area contributed by atoms with Gasteiger partial charge in [-0.3, -0.25) is 9.59 Å². The van der Waals surface area contributed by atoms with E-state index in [4.69, 9.17) is 9.84 Å². The number of hydrogen-bond acceptors (Lipinski definition) is 3. The minimum Gasteiger partial charge on any atom is -0.481 e. The first-order valence-corrected chi connectivity index (χ1v) is 18.5. The van der Waals surface area contributed by atoms with Gasteiger partial charge in [0.15, 0.2) is 0 Å². The van der Waals surface area contributed by atoms with E-state index in [-0.39, 0.29) is 18.5 Å². The van der Waals surface area contributed by atoms with Crippen molar-refractivity contribution in [1.82, 2.24) is 0 Å². The normalized spacial score (nSPS) is 12.0. The fourth-order valence-electron chi connectivity index (χ4n) is 5.83. The zero-order valence-electron chi connectivity index (χ0n) is 27.9. The lowest BCUT2D eigenvalue weighted by Gasteiger charge is -2.18. The van der Waals surface area contributed by atoms with Crippen molar-refractivity contribution >= 4 is 11.9 Å². The molecule has 0 amide bonds. The number of aliphatic carboxylic acids is 1. The minimum absolute atomic E-state index is 0.0126. The van der Waals surface area contributed by atoms with Gasteiger partial charge in [0.05, 0.1) is 0 Å². The Hall–Kier alpha value is -1.06. The summed E-state index contributed by atoms with van der Waals surface area (Å²) in [5.41, 5.74) is 0. The van der Waals surface area contributed by atoms with E-state index in [1.807, 2.05) is 0 Å². The largest absolute Gasteiger partial charge is 0.481 e. The fraction of sp³-hybridized carbons (Fsp3) is 0.946. The van der Waals surface area contributed by atoms with Crippen molar-refractivity contribution in [2.45, 2.75) is 225 Å². The van der Waals surface area contributed by atoms with E-state index in [2.05, 4.69) is 13.8 Å². The Morgan fingerprint density at radius 2 is 0.732 bits per heavy atom. The van der Waals surface area contributed by atoms with Gasteiger partial charge < -0.3 is 9.84 Å². The van der Waals surface area contributed by atoms with Crippen molar-refractivity contribution in [1.29, 1.82) is 0 Å². The van der Waals surface area contributed by atoms with Crippen LogP contribution in [-0.2, 0) is 14.3 Å². The number of carbonyl (C=O) groups is 2. The molecule has 0 aromatic carbocycles. The number of rotatable bonds is 34. The highest BCUT2D eigenvalue weighted by atomic mass is 16.5. The molecular formula is C37H72O4. The molecule has 0 aliphatic heterocycles. The van der Waals surface area contributed by atoms with Crippen molar-refractivity contribution < 1.29 is 19.4 Å². The van der Waals surface area contributed by atoms with Crippen LogP contribution in [0.15, 0.2) is 0 Å². The van der Waals surface area contributed by atoms with Crippen LogP contribution in [0.1, 0.15) is 219 Å². The van der Waals surface area contributed by atoms with Crippen LogP contribution < -0.4 is 0 Å². The molecule has 0 bridgehead atoms. The number of esters is 1. The van der Waals surface area contributed by atoms with Gasteiger partial charge in [0, 0.05) is 12.8 Å². The summed E-state index contributed by atoms with van der Waals surface area (Å²) in [4.78, 5) is 23.0. The summed E-state index contributed by atoms with van der Waals surface area (Å²) in [5, 5.41) is 8.78. The zero-order chi connectivity index (χ0) is 30.1. The van der Waals surface area contributed by atoms with Crippen molar-refractivity contribution in [3.63, 3.8) is 0 Å². The maximum absolute atomic E-state index is 12.4. The summed E-state index contributed by atoms with van der Waals surface area (Å²) in [6, 6.07) is 0. The Morgan fingerprint density at radius 1 is 0.439 bits per heavy atom. The molecule has 0 saturated carbocycles.